The number of allylic oxidation sites excluding steroid dienone is 2. The van der Waals surface area contributed by atoms with E-state index in [1.807, 2.05) is 44.2 Å². The van der Waals surface area contributed by atoms with Crippen molar-refractivity contribution in [2.45, 2.75) is 13.8 Å². The maximum Gasteiger partial charge on any atom is 0.166 e. The van der Waals surface area contributed by atoms with Gasteiger partial charge in [0.2, 0.25) is 0 Å². The number of aldehydes is 1. The Labute approximate surface area is 78.0 Å². The molecular formula is C11H13NO. The lowest BCUT2D eigenvalue weighted by Gasteiger charge is -1.89. The summed E-state index contributed by atoms with van der Waals surface area (Å²) in [4.78, 5) is 13.5. The Kier molecular flexibility index (Phi) is 3.26. The lowest BCUT2D eigenvalue weighted by Crippen LogP contribution is -1.77. The summed E-state index contributed by atoms with van der Waals surface area (Å²) >= 11 is 0. The second-order valence-electron chi connectivity index (χ2n) is 2.71. The summed E-state index contributed by atoms with van der Waals surface area (Å²) < 4.78 is 0. The molecule has 2 heteroatoms. The lowest BCUT2D eigenvalue weighted by molar-refractivity contribution is 0.111. The van der Waals surface area contributed by atoms with Crippen molar-refractivity contribution in [1.82, 2.24) is 4.98 Å². The van der Waals surface area contributed by atoms with Gasteiger partial charge in [0.15, 0.2) is 6.29 Å². The Bertz CT molecular complexity index is 315. The summed E-state index contributed by atoms with van der Waals surface area (Å²) in [5, 5.41) is 0. The molecule has 0 aliphatic rings. The minimum atomic E-state index is 0.612. The van der Waals surface area contributed by atoms with Gasteiger partial charge in [0.25, 0.3) is 0 Å². The van der Waals surface area contributed by atoms with Crippen LogP contribution in [0.1, 0.15) is 35.6 Å². The standard InChI is InChI=1S/C11H13NO/c1-3-5-9-7-10(8-13)12-11(9)6-4-2/h3-8,12H,1-2H3/b5-3-,6-4-. The first kappa shape index (κ1) is 9.52. The van der Waals surface area contributed by atoms with Gasteiger partial charge in [-0.3, -0.25) is 4.79 Å². The summed E-state index contributed by atoms with van der Waals surface area (Å²) in [6, 6.07) is 1.84. The Morgan fingerprint density at radius 1 is 1.23 bits per heavy atom. The van der Waals surface area contributed by atoms with Gasteiger partial charge in [-0.2, -0.15) is 0 Å². The zero-order chi connectivity index (χ0) is 9.68. The van der Waals surface area contributed by atoms with Gasteiger partial charge in [-0.05, 0) is 31.6 Å². The predicted octanol–water partition coefficient (Wildman–Crippen LogP) is 2.89. The van der Waals surface area contributed by atoms with Crippen molar-refractivity contribution in [2.24, 2.45) is 0 Å². The number of aromatic amines is 1. The minimum absolute atomic E-state index is 0.612. The Morgan fingerprint density at radius 2 is 1.92 bits per heavy atom. The molecule has 0 unspecified atom stereocenters. The number of carbonyl (C=O) groups is 1. The van der Waals surface area contributed by atoms with Gasteiger partial charge < -0.3 is 4.98 Å². The van der Waals surface area contributed by atoms with Crippen LogP contribution in [0, 0.1) is 0 Å². The van der Waals surface area contributed by atoms with Gasteiger partial charge in [0.05, 0.1) is 5.69 Å². The van der Waals surface area contributed by atoms with Crippen LogP contribution in [0.4, 0.5) is 0 Å². The van der Waals surface area contributed by atoms with E-state index < -0.39 is 0 Å². The molecule has 1 aromatic heterocycles. The van der Waals surface area contributed by atoms with Crippen LogP contribution >= 0.6 is 0 Å². The van der Waals surface area contributed by atoms with Crippen LogP contribution in [0.2, 0.25) is 0 Å². The monoisotopic (exact) mass is 175 g/mol. The quantitative estimate of drug-likeness (QED) is 0.704. The molecule has 0 aliphatic heterocycles. The highest BCUT2D eigenvalue weighted by atomic mass is 16.1. The number of H-pyrrole nitrogens is 1. The van der Waals surface area contributed by atoms with Crippen LogP contribution in [-0.2, 0) is 0 Å². The third kappa shape index (κ3) is 2.18. The Hall–Kier alpha value is -1.57. The summed E-state index contributed by atoms with van der Waals surface area (Å²) in [7, 11) is 0. The molecule has 0 amide bonds. The van der Waals surface area contributed by atoms with Crippen molar-refractivity contribution >= 4 is 18.4 Å². The molecule has 0 atom stereocenters. The molecule has 0 saturated heterocycles. The lowest BCUT2D eigenvalue weighted by atomic mass is 10.2. The van der Waals surface area contributed by atoms with E-state index in [1.54, 1.807) is 0 Å². The van der Waals surface area contributed by atoms with E-state index >= 15 is 0 Å². The maximum atomic E-state index is 10.5. The molecule has 0 spiro atoms. The van der Waals surface area contributed by atoms with Crippen molar-refractivity contribution in [1.29, 1.82) is 0 Å². The summed E-state index contributed by atoms with van der Waals surface area (Å²) in [5.41, 5.74) is 2.63. The number of hydrogen-bond donors (Lipinski definition) is 1. The van der Waals surface area contributed by atoms with Crippen LogP contribution in [0.15, 0.2) is 18.2 Å². The smallest absolute Gasteiger partial charge is 0.166 e. The number of nitrogens with one attached hydrogen (secondary N) is 1. The molecule has 0 aliphatic carbocycles. The molecular weight excluding hydrogens is 162 g/mol. The van der Waals surface area contributed by atoms with Gasteiger partial charge >= 0.3 is 0 Å². The normalized spacial score (nSPS) is 11.5. The molecule has 0 saturated carbocycles. The van der Waals surface area contributed by atoms with Crippen molar-refractivity contribution in [2.75, 3.05) is 0 Å². The average Bonchev–Trinajstić information content (AvgIpc) is 2.50. The van der Waals surface area contributed by atoms with Gasteiger partial charge in [0, 0.05) is 5.69 Å². The second kappa shape index (κ2) is 4.45. The third-order valence-corrected chi connectivity index (χ3v) is 1.71. The van der Waals surface area contributed by atoms with Crippen LogP contribution in [0.3, 0.4) is 0 Å². The van der Waals surface area contributed by atoms with Crippen molar-refractivity contribution < 1.29 is 4.79 Å². The van der Waals surface area contributed by atoms with Crippen LogP contribution in [0.25, 0.3) is 12.2 Å². The van der Waals surface area contributed by atoms with Gasteiger partial charge in [-0.25, -0.2) is 0 Å². The van der Waals surface area contributed by atoms with E-state index in [0.717, 1.165) is 17.5 Å². The molecule has 0 aromatic carbocycles. The highest BCUT2D eigenvalue weighted by Gasteiger charge is 2.00. The molecule has 13 heavy (non-hydrogen) atoms. The van der Waals surface area contributed by atoms with Crippen molar-refractivity contribution in [3.05, 3.63) is 35.2 Å². The van der Waals surface area contributed by atoms with E-state index in [-0.39, 0.29) is 0 Å². The molecule has 0 fully saturated rings. The van der Waals surface area contributed by atoms with Gasteiger partial charge in [0.1, 0.15) is 0 Å². The topological polar surface area (TPSA) is 32.9 Å². The zero-order valence-corrected chi connectivity index (χ0v) is 7.87. The maximum absolute atomic E-state index is 10.5. The zero-order valence-electron chi connectivity index (χ0n) is 7.87. The fraction of sp³-hybridized carbons (Fsp3) is 0.182. The summed E-state index contributed by atoms with van der Waals surface area (Å²) in [5.74, 6) is 0. The first-order valence-electron chi connectivity index (χ1n) is 4.25. The third-order valence-electron chi connectivity index (χ3n) is 1.71. The molecule has 0 bridgehead atoms. The molecule has 1 aromatic rings. The molecule has 1 rings (SSSR count). The summed E-state index contributed by atoms with van der Waals surface area (Å²) in [6.07, 6.45) is 8.62. The predicted molar refractivity (Wildman–Crippen MR) is 55.6 cm³/mol. The Morgan fingerprint density at radius 3 is 2.46 bits per heavy atom. The van der Waals surface area contributed by atoms with E-state index in [0.29, 0.717) is 5.69 Å². The first-order valence-corrected chi connectivity index (χ1v) is 4.25. The number of aromatic nitrogens is 1. The molecule has 1 heterocycles. The fourth-order valence-corrected chi connectivity index (χ4v) is 1.19. The van der Waals surface area contributed by atoms with E-state index in [9.17, 15) is 4.79 Å². The second-order valence-corrected chi connectivity index (χ2v) is 2.71. The van der Waals surface area contributed by atoms with Gasteiger partial charge in [-0.15, -0.1) is 0 Å². The highest BCUT2D eigenvalue weighted by Crippen LogP contribution is 2.13. The van der Waals surface area contributed by atoms with Crippen LogP contribution < -0.4 is 0 Å². The largest absolute Gasteiger partial charge is 0.352 e. The van der Waals surface area contributed by atoms with Crippen molar-refractivity contribution in [3.8, 4) is 0 Å². The van der Waals surface area contributed by atoms with E-state index in [1.165, 1.54) is 0 Å². The number of rotatable bonds is 3. The highest BCUT2D eigenvalue weighted by molar-refractivity contribution is 5.77. The SMILES string of the molecule is C/C=C\c1cc(C=O)[nH]c1/C=C\C. The first-order chi connectivity index (χ1) is 6.31. The molecule has 2 nitrogen and oxygen atoms in total. The number of hydrogen-bond acceptors (Lipinski definition) is 1. The number of carbonyl (C=O) groups excluding carboxylic acids is 1. The van der Waals surface area contributed by atoms with E-state index in [4.69, 9.17) is 0 Å². The average molecular weight is 175 g/mol. The molecule has 68 valence electrons. The fourth-order valence-electron chi connectivity index (χ4n) is 1.19. The minimum Gasteiger partial charge on any atom is -0.352 e. The van der Waals surface area contributed by atoms with Gasteiger partial charge in [-0.1, -0.05) is 18.2 Å². The van der Waals surface area contributed by atoms with Crippen molar-refractivity contribution in [3.63, 3.8) is 0 Å². The van der Waals surface area contributed by atoms with E-state index in [2.05, 4.69) is 4.98 Å². The molecule has 0 radical (unpaired) electrons. The summed E-state index contributed by atoms with van der Waals surface area (Å²) in [6.45, 7) is 3.90. The Balaban J connectivity index is 3.14. The molecule has 1 N–H and O–H groups in total. The van der Waals surface area contributed by atoms with Crippen LogP contribution in [0.5, 0.6) is 0 Å². The van der Waals surface area contributed by atoms with Crippen LogP contribution in [-0.4, -0.2) is 11.3 Å².